The summed E-state index contributed by atoms with van der Waals surface area (Å²) < 4.78 is 0. The third-order valence-corrected chi connectivity index (χ3v) is 7.92. The van der Waals surface area contributed by atoms with Crippen LogP contribution in [-0.2, 0) is 0 Å². The van der Waals surface area contributed by atoms with Gasteiger partial charge in [-0.15, -0.1) is 11.3 Å². The first kappa shape index (κ1) is 29.3. The van der Waals surface area contributed by atoms with E-state index in [9.17, 15) is 10.1 Å². The van der Waals surface area contributed by atoms with E-state index in [1.165, 1.54) is 23.5 Å². The number of benzene rings is 5. The predicted octanol–water partition coefficient (Wildman–Crippen LogP) is 9.59. The van der Waals surface area contributed by atoms with Gasteiger partial charge in [-0.05, 0) is 60.7 Å². The van der Waals surface area contributed by atoms with Crippen molar-refractivity contribution in [3.8, 4) is 11.3 Å². The number of nitro benzene ring substituents is 1. The van der Waals surface area contributed by atoms with Crippen molar-refractivity contribution in [2.45, 2.75) is 0 Å². The minimum absolute atomic E-state index is 0.0235. The van der Waals surface area contributed by atoms with Crippen LogP contribution >= 0.6 is 11.3 Å². The Balaban J connectivity index is 1.36. The highest BCUT2D eigenvalue weighted by Crippen LogP contribution is 2.37. The number of thiazole rings is 1. The third-order valence-electron chi connectivity index (χ3n) is 7.17. The number of aromatic nitrogens is 4. The summed E-state index contributed by atoms with van der Waals surface area (Å²) in [4.78, 5) is 34.3. The second-order valence-corrected chi connectivity index (χ2v) is 11.1. The van der Waals surface area contributed by atoms with Crippen LogP contribution in [0.5, 0.6) is 0 Å². The number of nitrogens with zero attached hydrogens (tertiary/aromatic N) is 7. The molecule has 10 nitrogen and oxygen atoms in total. The highest BCUT2D eigenvalue weighted by Gasteiger charge is 2.23. The Labute approximate surface area is 274 Å². The first-order valence-electron chi connectivity index (χ1n) is 14.7. The molecule has 2 aromatic heterocycles. The number of hydrogen-bond acceptors (Lipinski definition) is 10. The van der Waals surface area contributed by atoms with Crippen molar-refractivity contribution in [1.29, 1.82) is 0 Å². The molecular formula is C36H26N8O2S. The number of anilines is 8. The molecule has 0 aliphatic carbocycles. The summed E-state index contributed by atoms with van der Waals surface area (Å²) >= 11 is 1.38. The zero-order chi connectivity index (χ0) is 32.0. The minimum atomic E-state index is -0.421. The van der Waals surface area contributed by atoms with E-state index in [0.717, 1.165) is 28.3 Å². The third kappa shape index (κ3) is 6.51. The fraction of sp³-hybridized carbons (Fsp3) is 0. The van der Waals surface area contributed by atoms with E-state index in [0.29, 0.717) is 28.7 Å². The molecule has 0 atom stereocenters. The Morgan fingerprint density at radius 3 is 1.38 bits per heavy atom. The SMILES string of the molecule is O=[N+]([O-])c1ccc(-c2csc(Nc3nc(N(c4ccccc4)c4ccccc4)nc(N(c4ccccc4)c4ccccc4)n3)n2)cc1. The molecule has 0 unspecified atom stereocenters. The standard InChI is InChI=1S/C36H26N8O2S/c45-44(46)31-23-21-26(22-24-31)32-25-47-36(37-32)40-33-38-34(42(27-13-5-1-6-14-27)28-15-7-2-8-16-28)41-35(39-33)43(29-17-9-3-10-18-29)30-19-11-4-12-20-30/h1-25H,(H,37,38,39,40,41). The number of para-hydroxylation sites is 4. The summed E-state index contributed by atoms with van der Waals surface area (Å²) in [6, 6.07) is 46.0. The summed E-state index contributed by atoms with van der Waals surface area (Å²) in [7, 11) is 0. The normalized spacial score (nSPS) is 10.7. The van der Waals surface area contributed by atoms with E-state index in [-0.39, 0.29) is 5.69 Å². The molecule has 0 aliphatic heterocycles. The molecule has 0 amide bonds. The summed E-state index contributed by atoms with van der Waals surface area (Å²) in [5.74, 6) is 1.10. The van der Waals surface area contributed by atoms with Crippen LogP contribution in [0.1, 0.15) is 0 Å². The predicted molar refractivity (Wildman–Crippen MR) is 187 cm³/mol. The molecule has 0 saturated carbocycles. The maximum atomic E-state index is 11.1. The number of nitrogens with one attached hydrogen (secondary N) is 1. The molecule has 7 aromatic rings. The zero-order valence-electron chi connectivity index (χ0n) is 24.8. The molecule has 7 rings (SSSR count). The molecule has 0 aliphatic rings. The number of non-ortho nitro benzene ring substituents is 1. The minimum Gasteiger partial charge on any atom is -0.300 e. The van der Waals surface area contributed by atoms with E-state index in [2.05, 4.69) is 5.32 Å². The van der Waals surface area contributed by atoms with Gasteiger partial charge >= 0.3 is 0 Å². The Morgan fingerprint density at radius 2 is 0.979 bits per heavy atom. The average Bonchev–Trinajstić information content (AvgIpc) is 3.59. The van der Waals surface area contributed by atoms with Gasteiger partial charge in [0.25, 0.3) is 5.69 Å². The lowest BCUT2D eigenvalue weighted by molar-refractivity contribution is -0.384. The van der Waals surface area contributed by atoms with Crippen molar-refractivity contribution in [1.82, 2.24) is 19.9 Å². The van der Waals surface area contributed by atoms with E-state index < -0.39 is 4.92 Å². The highest BCUT2D eigenvalue weighted by molar-refractivity contribution is 7.14. The lowest BCUT2D eigenvalue weighted by Crippen LogP contribution is -2.19. The largest absolute Gasteiger partial charge is 0.300 e. The van der Waals surface area contributed by atoms with Gasteiger partial charge in [-0.2, -0.15) is 15.0 Å². The number of nitro groups is 1. The van der Waals surface area contributed by atoms with Crippen LogP contribution in [-0.4, -0.2) is 24.9 Å². The molecule has 0 spiro atoms. The number of hydrogen-bond donors (Lipinski definition) is 1. The van der Waals surface area contributed by atoms with Gasteiger partial charge in [0.05, 0.1) is 10.6 Å². The summed E-state index contributed by atoms with van der Waals surface area (Å²) in [5, 5.41) is 16.9. The van der Waals surface area contributed by atoms with Gasteiger partial charge in [0.2, 0.25) is 17.8 Å². The molecular weight excluding hydrogens is 609 g/mol. The Hall–Kier alpha value is -6.46. The van der Waals surface area contributed by atoms with Gasteiger partial charge in [-0.25, -0.2) is 4.98 Å². The van der Waals surface area contributed by atoms with E-state index in [4.69, 9.17) is 19.9 Å². The molecule has 2 heterocycles. The fourth-order valence-corrected chi connectivity index (χ4v) is 5.70. The van der Waals surface area contributed by atoms with Crippen molar-refractivity contribution in [3.63, 3.8) is 0 Å². The fourth-order valence-electron chi connectivity index (χ4n) is 4.99. The Bertz CT molecular complexity index is 1920. The first-order chi connectivity index (χ1) is 23.1. The van der Waals surface area contributed by atoms with Crippen LogP contribution in [0.4, 0.5) is 51.4 Å². The smallest absolute Gasteiger partial charge is 0.269 e. The van der Waals surface area contributed by atoms with Gasteiger partial charge in [0, 0.05) is 45.8 Å². The Morgan fingerprint density at radius 1 is 0.553 bits per heavy atom. The van der Waals surface area contributed by atoms with Crippen molar-refractivity contribution in [2.24, 2.45) is 0 Å². The second kappa shape index (κ2) is 13.3. The maximum absolute atomic E-state index is 11.1. The Kier molecular flexibility index (Phi) is 8.26. The monoisotopic (exact) mass is 634 g/mol. The highest BCUT2D eigenvalue weighted by atomic mass is 32.1. The second-order valence-electron chi connectivity index (χ2n) is 10.2. The zero-order valence-corrected chi connectivity index (χ0v) is 25.6. The van der Waals surface area contributed by atoms with Crippen LogP contribution in [0, 0.1) is 10.1 Å². The summed E-state index contributed by atoms with van der Waals surface area (Å²) in [5.41, 5.74) is 4.97. The molecule has 0 fully saturated rings. The average molecular weight is 635 g/mol. The van der Waals surface area contributed by atoms with E-state index in [1.807, 2.05) is 137 Å². The van der Waals surface area contributed by atoms with E-state index >= 15 is 0 Å². The summed E-state index contributed by atoms with van der Waals surface area (Å²) in [6.45, 7) is 0. The van der Waals surface area contributed by atoms with Crippen molar-refractivity contribution in [3.05, 3.63) is 161 Å². The number of rotatable bonds is 10. The molecule has 0 radical (unpaired) electrons. The summed E-state index contributed by atoms with van der Waals surface area (Å²) in [6.07, 6.45) is 0. The van der Waals surface area contributed by atoms with Gasteiger partial charge in [0.15, 0.2) is 5.13 Å². The van der Waals surface area contributed by atoms with Gasteiger partial charge in [0.1, 0.15) is 0 Å². The van der Waals surface area contributed by atoms with Crippen LogP contribution in [0.15, 0.2) is 151 Å². The molecule has 11 heteroatoms. The van der Waals surface area contributed by atoms with E-state index in [1.54, 1.807) is 12.1 Å². The van der Waals surface area contributed by atoms with Crippen molar-refractivity contribution in [2.75, 3.05) is 15.1 Å². The van der Waals surface area contributed by atoms with Gasteiger partial charge in [-0.3, -0.25) is 25.2 Å². The maximum Gasteiger partial charge on any atom is 0.269 e. The van der Waals surface area contributed by atoms with Crippen LogP contribution < -0.4 is 15.1 Å². The molecule has 1 N–H and O–H groups in total. The molecule has 0 bridgehead atoms. The van der Waals surface area contributed by atoms with Crippen LogP contribution in [0.25, 0.3) is 11.3 Å². The molecule has 228 valence electrons. The van der Waals surface area contributed by atoms with Crippen LogP contribution in [0.2, 0.25) is 0 Å². The molecule has 5 aromatic carbocycles. The molecule has 0 saturated heterocycles. The quantitative estimate of drug-likeness (QED) is 0.116. The lowest BCUT2D eigenvalue weighted by Gasteiger charge is -2.27. The van der Waals surface area contributed by atoms with Gasteiger partial charge < -0.3 is 0 Å². The van der Waals surface area contributed by atoms with Crippen LogP contribution in [0.3, 0.4) is 0 Å². The topological polar surface area (TPSA) is 113 Å². The first-order valence-corrected chi connectivity index (χ1v) is 15.5. The molecule has 47 heavy (non-hydrogen) atoms. The van der Waals surface area contributed by atoms with Crippen molar-refractivity contribution >= 4 is 62.8 Å². The van der Waals surface area contributed by atoms with Crippen molar-refractivity contribution < 1.29 is 4.92 Å². The van der Waals surface area contributed by atoms with Gasteiger partial charge in [-0.1, -0.05) is 72.8 Å². The lowest BCUT2D eigenvalue weighted by atomic mass is 10.1.